The van der Waals surface area contributed by atoms with Crippen molar-refractivity contribution in [2.45, 2.75) is 6.18 Å². The lowest BCUT2D eigenvalue weighted by Crippen LogP contribution is -2.32. The third-order valence-corrected chi connectivity index (χ3v) is 3.23. The van der Waals surface area contributed by atoms with E-state index in [4.69, 9.17) is 0 Å². The average Bonchev–Trinajstić information content (AvgIpc) is 2.48. The van der Waals surface area contributed by atoms with E-state index in [-0.39, 0.29) is 12.3 Å². The average molecular weight is 302 g/mol. The molecule has 0 bridgehead atoms. The van der Waals surface area contributed by atoms with Crippen LogP contribution in [0.4, 0.5) is 13.2 Å². The van der Waals surface area contributed by atoms with Gasteiger partial charge in [0, 0.05) is 20.8 Å². The van der Waals surface area contributed by atoms with E-state index in [0.29, 0.717) is 10.0 Å². The van der Waals surface area contributed by atoms with Crippen LogP contribution in [0.1, 0.15) is 10.4 Å². The molecule has 7 heteroatoms. The SMILES string of the molecule is O=C(CNCC(F)(F)F)c1cscc1Br. The molecule has 1 N–H and O–H groups in total. The lowest BCUT2D eigenvalue weighted by Gasteiger charge is -2.06. The van der Waals surface area contributed by atoms with E-state index in [1.165, 1.54) is 11.3 Å². The van der Waals surface area contributed by atoms with E-state index < -0.39 is 12.7 Å². The van der Waals surface area contributed by atoms with Gasteiger partial charge in [-0.3, -0.25) is 4.79 Å². The molecule has 0 aliphatic carbocycles. The molecule has 84 valence electrons. The summed E-state index contributed by atoms with van der Waals surface area (Å²) in [5, 5.41) is 5.35. The van der Waals surface area contributed by atoms with E-state index >= 15 is 0 Å². The summed E-state index contributed by atoms with van der Waals surface area (Å²) in [5.74, 6) is -0.354. The van der Waals surface area contributed by atoms with Crippen LogP contribution in [0.2, 0.25) is 0 Å². The Morgan fingerprint density at radius 2 is 2.13 bits per heavy atom. The molecule has 1 aromatic rings. The lowest BCUT2D eigenvalue weighted by molar-refractivity contribution is -0.124. The maximum Gasteiger partial charge on any atom is 0.401 e. The Bertz CT molecular complexity index is 350. The van der Waals surface area contributed by atoms with Crippen LogP contribution >= 0.6 is 27.3 Å². The zero-order valence-corrected chi connectivity index (χ0v) is 9.80. The highest BCUT2D eigenvalue weighted by Crippen LogP contribution is 2.21. The molecule has 0 radical (unpaired) electrons. The van der Waals surface area contributed by atoms with Crippen LogP contribution < -0.4 is 5.32 Å². The van der Waals surface area contributed by atoms with Gasteiger partial charge in [-0.05, 0) is 15.9 Å². The Morgan fingerprint density at radius 3 is 2.60 bits per heavy atom. The standard InChI is InChI=1S/C8H7BrF3NOS/c9-6-3-15-2-5(6)7(14)1-13-4-8(10,11)12/h2-3,13H,1,4H2. The number of rotatable bonds is 4. The predicted octanol–water partition coefficient (Wildman–Crippen LogP) is 2.85. The van der Waals surface area contributed by atoms with Crippen molar-refractivity contribution >= 4 is 33.0 Å². The fourth-order valence-corrected chi connectivity index (χ4v) is 2.41. The van der Waals surface area contributed by atoms with Crippen molar-refractivity contribution in [1.29, 1.82) is 0 Å². The molecule has 0 saturated carbocycles. The summed E-state index contributed by atoms with van der Waals surface area (Å²) in [6, 6.07) is 0. The van der Waals surface area contributed by atoms with Gasteiger partial charge in [-0.15, -0.1) is 0 Å². The van der Waals surface area contributed by atoms with Gasteiger partial charge in [0.25, 0.3) is 0 Å². The quantitative estimate of drug-likeness (QED) is 0.867. The lowest BCUT2D eigenvalue weighted by atomic mass is 10.2. The maximum absolute atomic E-state index is 11.7. The van der Waals surface area contributed by atoms with Crippen LogP contribution in [-0.4, -0.2) is 25.0 Å². The van der Waals surface area contributed by atoms with Crippen molar-refractivity contribution < 1.29 is 18.0 Å². The highest BCUT2D eigenvalue weighted by molar-refractivity contribution is 9.10. The molecule has 1 rings (SSSR count). The molecule has 0 atom stereocenters. The minimum Gasteiger partial charge on any atom is -0.302 e. The minimum absolute atomic E-state index is 0.311. The Morgan fingerprint density at radius 1 is 1.47 bits per heavy atom. The summed E-state index contributed by atoms with van der Waals surface area (Å²) in [6.45, 7) is -1.46. The fraction of sp³-hybridized carbons (Fsp3) is 0.375. The molecule has 2 nitrogen and oxygen atoms in total. The van der Waals surface area contributed by atoms with E-state index in [2.05, 4.69) is 15.9 Å². The van der Waals surface area contributed by atoms with Crippen LogP contribution in [0, 0.1) is 0 Å². The van der Waals surface area contributed by atoms with Crippen molar-refractivity contribution in [2.75, 3.05) is 13.1 Å². The number of carbonyl (C=O) groups excluding carboxylic acids is 1. The van der Waals surface area contributed by atoms with E-state index in [1.54, 1.807) is 10.8 Å². The molecule has 1 aromatic heterocycles. The number of carbonyl (C=O) groups is 1. The van der Waals surface area contributed by atoms with Crippen LogP contribution in [-0.2, 0) is 0 Å². The second-order valence-corrected chi connectivity index (χ2v) is 4.37. The number of halogens is 4. The molecule has 0 fully saturated rings. The molecule has 0 amide bonds. The van der Waals surface area contributed by atoms with Crippen molar-refractivity contribution in [1.82, 2.24) is 5.32 Å². The van der Waals surface area contributed by atoms with Gasteiger partial charge in [-0.25, -0.2) is 0 Å². The summed E-state index contributed by atoms with van der Waals surface area (Å²) in [6.07, 6.45) is -4.29. The van der Waals surface area contributed by atoms with Crippen LogP contribution in [0.5, 0.6) is 0 Å². The molecule has 0 aliphatic heterocycles. The number of alkyl halides is 3. The number of nitrogens with one attached hydrogen (secondary N) is 1. The van der Waals surface area contributed by atoms with Crippen LogP contribution in [0.25, 0.3) is 0 Å². The first-order chi connectivity index (χ1) is 6.90. The molecule has 15 heavy (non-hydrogen) atoms. The summed E-state index contributed by atoms with van der Waals surface area (Å²) in [7, 11) is 0. The molecule has 0 saturated heterocycles. The molecular weight excluding hydrogens is 295 g/mol. The number of ketones is 1. The Hall–Kier alpha value is -0.400. The smallest absolute Gasteiger partial charge is 0.302 e. The molecular formula is C8H7BrF3NOS. The second-order valence-electron chi connectivity index (χ2n) is 2.78. The molecule has 0 aliphatic rings. The summed E-state index contributed by atoms with van der Waals surface area (Å²) in [4.78, 5) is 11.4. The molecule has 0 unspecified atom stereocenters. The van der Waals surface area contributed by atoms with Crippen molar-refractivity contribution in [3.8, 4) is 0 Å². The summed E-state index contributed by atoms with van der Waals surface area (Å²) in [5.41, 5.74) is 0.412. The van der Waals surface area contributed by atoms with Crippen LogP contribution in [0.3, 0.4) is 0 Å². The Kier molecular flexibility index (Phi) is 4.30. The van der Waals surface area contributed by atoms with E-state index in [0.717, 1.165) is 0 Å². The molecule has 1 heterocycles. The maximum atomic E-state index is 11.7. The van der Waals surface area contributed by atoms with Gasteiger partial charge in [-0.1, -0.05) is 0 Å². The van der Waals surface area contributed by atoms with Gasteiger partial charge in [0.05, 0.1) is 13.1 Å². The van der Waals surface area contributed by atoms with E-state index in [9.17, 15) is 18.0 Å². The monoisotopic (exact) mass is 301 g/mol. The zero-order valence-electron chi connectivity index (χ0n) is 7.40. The van der Waals surface area contributed by atoms with Gasteiger partial charge >= 0.3 is 6.18 Å². The first kappa shape index (κ1) is 12.7. The van der Waals surface area contributed by atoms with E-state index in [1.807, 2.05) is 5.32 Å². The zero-order chi connectivity index (χ0) is 11.5. The second kappa shape index (κ2) is 5.09. The third-order valence-electron chi connectivity index (χ3n) is 1.53. The molecule has 0 spiro atoms. The van der Waals surface area contributed by atoms with Gasteiger partial charge < -0.3 is 5.32 Å². The first-order valence-corrected chi connectivity index (χ1v) is 5.66. The minimum atomic E-state index is -4.29. The highest BCUT2D eigenvalue weighted by Gasteiger charge is 2.26. The normalized spacial score (nSPS) is 11.7. The van der Waals surface area contributed by atoms with Gasteiger partial charge in [0.1, 0.15) is 0 Å². The number of hydrogen-bond donors (Lipinski definition) is 1. The van der Waals surface area contributed by atoms with Gasteiger partial charge in [-0.2, -0.15) is 24.5 Å². The largest absolute Gasteiger partial charge is 0.401 e. The predicted molar refractivity (Wildman–Crippen MR) is 55.3 cm³/mol. The summed E-state index contributed by atoms with van der Waals surface area (Å²) >= 11 is 4.45. The van der Waals surface area contributed by atoms with Crippen LogP contribution in [0.15, 0.2) is 15.2 Å². The van der Waals surface area contributed by atoms with Crippen molar-refractivity contribution in [3.05, 3.63) is 20.8 Å². The van der Waals surface area contributed by atoms with Gasteiger partial charge in [0.2, 0.25) is 0 Å². The third kappa shape index (κ3) is 4.31. The first-order valence-electron chi connectivity index (χ1n) is 3.92. The Balaban J connectivity index is 2.41. The highest BCUT2D eigenvalue weighted by atomic mass is 79.9. The number of thiophene rings is 1. The Labute approximate surface area is 96.6 Å². The number of Topliss-reactive ketones (excluding diaryl/α,β-unsaturated/α-hetero) is 1. The van der Waals surface area contributed by atoms with Crippen molar-refractivity contribution in [3.63, 3.8) is 0 Å². The fourth-order valence-electron chi connectivity index (χ4n) is 0.893. The summed E-state index contributed by atoms with van der Waals surface area (Å²) < 4.78 is 35.9. The number of hydrogen-bond acceptors (Lipinski definition) is 3. The van der Waals surface area contributed by atoms with Crippen molar-refractivity contribution in [2.24, 2.45) is 0 Å². The molecule has 0 aromatic carbocycles. The van der Waals surface area contributed by atoms with Gasteiger partial charge in [0.15, 0.2) is 5.78 Å². The topological polar surface area (TPSA) is 29.1 Å².